The van der Waals surface area contributed by atoms with E-state index in [-0.39, 0.29) is 12.2 Å². The van der Waals surface area contributed by atoms with Crippen LogP contribution in [0.4, 0.5) is 13.2 Å². The average Bonchev–Trinajstić information content (AvgIpc) is 1.82. The van der Waals surface area contributed by atoms with E-state index in [1.165, 1.54) is 6.08 Å². The fourth-order valence-electron chi connectivity index (χ4n) is 1.09. The molecule has 0 aromatic heterocycles. The van der Waals surface area contributed by atoms with Gasteiger partial charge in [0.1, 0.15) is 5.76 Å². The SMILES string of the molecule is OC1CCC=C(OC(F)(F)F)C1. The summed E-state index contributed by atoms with van der Waals surface area (Å²) in [4.78, 5) is 0. The molecular formula is C7H9F3O2. The van der Waals surface area contributed by atoms with Gasteiger partial charge in [0, 0.05) is 6.42 Å². The van der Waals surface area contributed by atoms with Gasteiger partial charge < -0.3 is 9.84 Å². The lowest BCUT2D eigenvalue weighted by molar-refractivity contribution is -0.307. The van der Waals surface area contributed by atoms with Crippen LogP contribution in [-0.4, -0.2) is 17.6 Å². The summed E-state index contributed by atoms with van der Waals surface area (Å²) in [7, 11) is 0. The Kier molecular flexibility index (Phi) is 2.62. The molecule has 1 atom stereocenters. The van der Waals surface area contributed by atoms with E-state index < -0.39 is 12.5 Å². The van der Waals surface area contributed by atoms with Crippen LogP contribution in [0.1, 0.15) is 19.3 Å². The number of rotatable bonds is 1. The second-order valence-electron chi connectivity index (χ2n) is 2.65. The Morgan fingerprint density at radius 1 is 1.50 bits per heavy atom. The standard InChI is InChI=1S/C7H9F3O2/c8-7(9,10)12-6-3-1-2-5(11)4-6/h3,5,11H,1-2,4H2. The zero-order valence-corrected chi connectivity index (χ0v) is 6.27. The molecule has 1 rings (SSSR count). The van der Waals surface area contributed by atoms with Crippen LogP contribution in [0.3, 0.4) is 0 Å². The molecule has 5 heteroatoms. The zero-order valence-electron chi connectivity index (χ0n) is 6.27. The molecule has 0 saturated carbocycles. The van der Waals surface area contributed by atoms with E-state index in [4.69, 9.17) is 5.11 Å². The number of ether oxygens (including phenoxy) is 1. The quantitative estimate of drug-likeness (QED) is 0.671. The average molecular weight is 182 g/mol. The normalized spacial score (nSPS) is 25.0. The maximum Gasteiger partial charge on any atom is 0.572 e. The van der Waals surface area contributed by atoms with Gasteiger partial charge in [0.25, 0.3) is 0 Å². The highest BCUT2D eigenvalue weighted by atomic mass is 19.4. The second kappa shape index (κ2) is 3.35. The summed E-state index contributed by atoms with van der Waals surface area (Å²) in [5.74, 6) is -0.179. The number of aliphatic hydroxyl groups excluding tert-OH is 1. The largest absolute Gasteiger partial charge is 0.572 e. The van der Waals surface area contributed by atoms with Gasteiger partial charge in [0.15, 0.2) is 0 Å². The van der Waals surface area contributed by atoms with Crippen LogP contribution >= 0.6 is 0 Å². The molecule has 0 aromatic carbocycles. The van der Waals surface area contributed by atoms with Crippen LogP contribution in [0, 0.1) is 0 Å². The van der Waals surface area contributed by atoms with Crippen molar-refractivity contribution in [2.24, 2.45) is 0 Å². The first-order chi connectivity index (χ1) is 5.47. The third-order valence-electron chi connectivity index (χ3n) is 1.56. The minimum atomic E-state index is -4.64. The van der Waals surface area contributed by atoms with Gasteiger partial charge in [-0.3, -0.25) is 0 Å². The smallest absolute Gasteiger partial charge is 0.411 e. The van der Waals surface area contributed by atoms with Gasteiger partial charge in [0.05, 0.1) is 6.10 Å². The van der Waals surface area contributed by atoms with Crippen molar-refractivity contribution in [1.29, 1.82) is 0 Å². The monoisotopic (exact) mass is 182 g/mol. The summed E-state index contributed by atoms with van der Waals surface area (Å²) in [6.07, 6.45) is -3.08. The third-order valence-corrected chi connectivity index (χ3v) is 1.56. The fourth-order valence-corrected chi connectivity index (χ4v) is 1.09. The van der Waals surface area contributed by atoms with Crippen molar-refractivity contribution in [3.63, 3.8) is 0 Å². The van der Waals surface area contributed by atoms with Gasteiger partial charge in [-0.1, -0.05) is 0 Å². The molecule has 0 heterocycles. The number of allylic oxidation sites excluding steroid dienone is 1. The molecular weight excluding hydrogens is 173 g/mol. The van der Waals surface area contributed by atoms with Gasteiger partial charge in [-0.2, -0.15) is 0 Å². The Labute approximate surface area is 67.6 Å². The van der Waals surface area contributed by atoms with Gasteiger partial charge in [-0.25, -0.2) is 0 Å². The highest BCUT2D eigenvalue weighted by Gasteiger charge is 2.33. The molecule has 0 radical (unpaired) electrons. The zero-order chi connectivity index (χ0) is 9.19. The Balaban J connectivity index is 2.47. The first-order valence-corrected chi connectivity index (χ1v) is 3.60. The molecule has 12 heavy (non-hydrogen) atoms. The molecule has 1 aliphatic carbocycles. The molecule has 0 fully saturated rings. The molecule has 1 N–H and O–H groups in total. The number of hydrogen-bond acceptors (Lipinski definition) is 2. The van der Waals surface area contributed by atoms with E-state index in [9.17, 15) is 13.2 Å². The molecule has 1 aliphatic rings. The van der Waals surface area contributed by atoms with Crippen LogP contribution in [0.5, 0.6) is 0 Å². The lowest BCUT2D eigenvalue weighted by atomic mass is 10.0. The van der Waals surface area contributed by atoms with Gasteiger partial charge in [-0.05, 0) is 18.9 Å². The molecule has 0 bridgehead atoms. The van der Waals surface area contributed by atoms with Gasteiger partial charge >= 0.3 is 6.36 Å². The fraction of sp³-hybridized carbons (Fsp3) is 0.714. The summed E-state index contributed by atoms with van der Waals surface area (Å²) in [5.41, 5.74) is 0. The van der Waals surface area contributed by atoms with Crippen molar-refractivity contribution in [1.82, 2.24) is 0 Å². The molecule has 0 saturated heterocycles. The molecule has 0 spiro atoms. The topological polar surface area (TPSA) is 29.5 Å². The molecule has 2 nitrogen and oxygen atoms in total. The maximum absolute atomic E-state index is 11.6. The van der Waals surface area contributed by atoms with Gasteiger partial charge in [0.2, 0.25) is 0 Å². The lowest BCUT2D eigenvalue weighted by Crippen LogP contribution is -2.19. The van der Waals surface area contributed by atoms with E-state index in [1.807, 2.05) is 0 Å². The Morgan fingerprint density at radius 2 is 2.17 bits per heavy atom. The molecule has 1 unspecified atom stereocenters. The highest BCUT2D eigenvalue weighted by Crippen LogP contribution is 2.26. The molecule has 0 amide bonds. The number of halogens is 3. The van der Waals surface area contributed by atoms with Crippen molar-refractivity contribution < 1.29 is 23.0 Å². The summed E-state index contributed by atoms with van der Waals surface area (Å²) in [6, 6.07) is 0. The second-order valence-corrected chi connectivity index (χ2v) is 2.65. The van der Waals surface area contributed by atoms with Crippen LogP contribution in [0.25, 0.3) is 0 Å². The van der Waals surface area contributed by atoms with E-state index in [2.05, 4.69) is 4.74 Å². The van der Waals surface area contributed by atoms with Crippen molar-refractivity contribution in [3.05, 3.63) is 11.8 Å². The number of aliphatic hydroxyl groups is 1. The molecule has 0 aromatic rings. The first kappa shape index (κ1) is 9.38. The van der Waals surface area contributed by atoms with Gasteiger partial charge in [-0.15, -0.1) is 13.2 Å². The molecule has 70 valence electrons. The predicted molar refractivity (Wildman–Crippen MR) is 35.1 cm³/mol. The molecule has 0 aliphatic heterocycles. The predicted octanol–water partition coefficient (Wildman–Crippen LogP) is 1.95. The van der Waals surface area contributed by atoms with Crippen LogP contribution in [0.15, 0.2) is 11.8 Å². The van der Waals surface area contributed by atoms with Crippen molar-refractivity contribution >= 4 is 0 Å². The van der Waals surface area contributed by atoms with Crippen molar-refractivity contribution in [2.75, 3.05) is 0 Å². The van der Waals surface area contributed by atoms with E-state index >= 15 is 0 Å². The Morgan fingerprint density at radius 3 is 2.67 bits per heavy atom. The van der Waals surface area contributed by atoms with E-state index in [1.54, 1.807) is 0 Å². The minimum Gasteiger partial charge on any atom is -0.411 e. The number of hydrogen-bond donors (Lipinski definition) is 1. The Bertz CT molecular complexity index is 186. The van der Waals surface area contributed by atoms with E-state index in [0.717, 1.165) is 0 Å². The summed E-state index contributed by atoms with van der Waals surface area (Å²) in [6.45, 7) is 0. The first-order valence-electron chi connectivity index (χ1n) is 3.60. The summed E-state index contributed by atoms with van der Waals surface area (Å²) in [5, 5.41) is 8.99. The lowest BCUT2D eigenvalue weighted by Gasteiger charge is -2.19. The van der Waals surface area contributed by atoms with Crippen molar-refractivity contribution in [3.8, 4) is 0 Å². The van der Waals surface area contributed by atoms with Crippen LogP contribution in [-0.2, 0) is 4.74 Å². The highest BCUT2D eigenvalue weighted by molar-refractivity contribution is 4.99. The maximum atomic E-state index is 11.6. The van der Waals surface area contributed by atoms with E-state index in [0.29, 0.717) is 12.8 Å². The summed E-state index contributed by atoms with van der Waals surface area (Å²) < 4.78 is 38.5. The summed E-state index contributed by atoms with van der Waals surface area (Å²) >= 11 is 0. The van der Waals surface area contributed by atoms with Crippen LogP contribution < -0.4 is 0 Å². The Hall–Kier alpha value is -0.710. The minimum absolute atomic E-state index is 0.0422. The number of alkyl halides is 3. The third kappa shape index (κ3) is 3.13. The van der Waals surface area contributed by atoms with Crippen LogP contribution in [0.2, 0.25) is 0 Å². The van der Waals surface area contributed by atoms with Crippen molar-refractivity contribution in [2.45, 2.75) is 31.7 Å².